The molecule has 5 aliphatic rings. The fourth-order valence-corrected chi connectivity index (χ4v) is 12.2. The fraction of sp³-hybridized carbons (Fsp3) is 0.250. The number of fused-ring (bicyclic) bond motifs is 4. The maximum absolute atomic E-state index is 17.0. The second kappa shape index (κ2) is 22.5. The van der Waals surface area contributed by atoms with Crippen LogP contribution in [0.5, 0.6) is 23.0 Å². The molecule has 3 saturated heterocycles. The van der Waals surface area contributed by atoms with E-state index in [9.17, 15) is 15.2 Å². The average molecular weight is 1100 g/mol. The molecule has 0 bridgehead atoms. The molecule has 18 nitrogen and oxygen atoms in total. The number of cyclic esters (lactones) is 1. The smallest absolute Gasteiger partial charge is 0.421 e. The van der Waals surface area contributed by atoms with Crippen molar-refractivity contribution in [3.05, 3.63) is 224 Å². The summed E-state index contributed by atoms with van der Waals surface area (Å²) in [6.07, 6.45) is -2.07. The topological polar surface area (TPSA) is 200 Å². The second-order valence-corrected chi connectivity index (χ2v) is 20.5. The number of ether oxygens (including phenoxy) is 6. The number of nitrogens with zero attached hydrogens (tertiary/aromatic N) is 5. The Balaban J connectivity index is 1.06. The van der Waals surface area contributed by atoms with Gasteiger partial charge in [-0.2, -0.15) is 0 Å². The lowest BCUT2D eigenvalue weighted by atomic mass is 9.64. The third-order valence-electron chi connectivity index (χ3n) is 15.9. The number of anilines is 1. The van der Waals surface area contributed by atoms with Gasteiger partial charge < -0.3 is 38.4 Å². The van der Waals surface area contributed by atoms with E-state index in [0.29, 0.717) is 70.4 Å². The molecule has 0 radical (unpaired) electrons. The number of benzene rings is 7. The molecule has 0 saturated carbocycles. The van der Waals surface area contributed by atoms with Gasteiger partial charge in [0.05, 0.1) is 42.3 Å². The summed E-state index contributed by atoms with van der Waals surface area (Å²) in [5.41, 5.74) is 2.36. The number of amides is 3. The number of aliphatic hydroxyl groups excluding tert-OH is 1. The number of imide groups is 1. The summed E-state index contributed by atoms with van der Waals surface area (Å²) in [6, 6.07) is 45.8. The number of aliphatic hydroxyl groups is 1. The number of nitro groups is 1. The summed E-state index contributed by atoms with van der Waals surface area (Å²) in [5.74, 6) is 5.13. The van der Waals surface area contributed by atoms with Crippen LogP contribution in [0.4, 0.5) is 16.2 Å². The molecule has 0 unspecified atom stereocenters. The zero-order chi connectivity index (χ0) is 56.5. The van der Waals surface area contributed by atoms with Crippen molar-refractivity contribution in [3.63, 3.8) is 0 Å². The highest BCUT2D eigenvalue weighted by Crippen LogP contribution is 2.66. The summed E-state index contributed by atoms with van der Waals surface area (Å²) in [6.45, 7) is 1.27. The van der Waals surface area contributed by atoms with Gasteiger partial charge in [-0.15, -0.1) is 0 Å². The van der Waals surface area contributed by atoms with Gasteiger partial charge in [-0.05, 0) is 112 Å². The molecule has 7 aromatic carbocycles. The van der Waals surface area contributed by atoms with Crippen LogP contribution in [0, 0.1) is 27.9 Å². The summed E-state index contributed by atoms with van der Waals surface area (Å²) in [7, 11) is 1.57. The Morgan fingerprint density at radius 1 is 0.720 bits per heavy atom. The molecule has 3 amide bonds. The van der Waals surface area contributed by atoms with E-state index < -0.39 is 64.4 Å². The highest BCUT2D eigenvalue weighted by molar-refractivity contribution is 6.23. The number of esters is 1. The molecule has 12 rings (SSSR count). The van der Waals surface area contributed by atoms with Crippen molar-refractivity contribution >= 4 is 35.3 Å². The van der Waals surface area contributed by atoms with Gasteiger partial charge in [0.2, 0.25) is 18.6 Å². The van der Waals surface area contributed by atoms with Crippen molar-refractivity contribution in [2.45, 2.75) is 42.8 Å². The van der Waals surface area contributed by atoms with Crippen molar-refractivity contribution in [2.24, 2.45) is 5.92 Å². The first kappa shape index (κ1) is 53.1. The quantitative estimate of drug-likeness (QED) is 0.0499. The molecule has 3 fully saturated rings. The van der Waals surface area contributed by atoms with Crippen LogP contribution in [0.15, 0.2) is 170 Å². The van der Waals surface area contributed by atoms with Crippen LogP contribution in [0.1, 0.15) is 62.7 Å². The maximum Gasteiger partial charge on any atom is 0.421 e. The Morgan fingerprint density at radius 3 is 2.12 bits per heavy atom. The molecule has 1 N–H and O–H groups in total. The van der Waals surface area contributed by atoms with E-state index in [2.05, 4.69) is 16.7 Å². The van der Waals surface area contributed by atoms with E-state index in [4.69, 9.17) is 28.4 Å². The van der Waals surface area contributed by atoms with Crippen LogP contribution in [0.25, 0.3) is 0 Å². The van der Waals surface area contributed by atoms with Crippen LogP contribution in [-0.2, 0) is 42.4 Å². The Labute approximate surface area is 472 Å². The molecular formula is C64H55N5O13. The van der Waals surface area contributed by atoms with Crippen LogP contribution in [0.2, 0.25) is 0 Å². The molecule has 0 aromatic heterocycles. The van der Waals surface area contributed by atoms with Gasteiger partial charge in [-0.25, -0.2) is 9.69 Å². The molecule has 0 aliphatic carbocycles. The van der Waals surface area contributed by atoms with Gasteiger partial charge in [0, 0.05) is 56.0 Å². The highest BCUT2D eigenvalue weighted by Gasteiger charge is 2.76. The number of morpholine rings is 1. The van der Waals surface area contributed by atoms with E-state index >= 15 is 19.2 Å². The monoisotopic (exact) mass is 1100 g/mol. The van der Waals surface area contributed by atoms with E-state index in [-0.39, 0.29) is 56.6 Å². The summed E-state index contributed by atoms with van der Waals surface area (Å²) in [5, 5.41) is 21.5. The van der Waals surface area contributed by atoms with Crippen molar-refractivity contribution in [3.8, 4) is 34.8 Å². The third kappa shape index (κ3) is 9.78. The number of non-ortho nitro benzene ring substituents is 1. The van der Waals surface area contributed by atoms with Crippen LogP contribution in [0.3, 0.4) is 0 Å². The molecule has 6 atom stereocenters. The third-order valence-corrected chi connectivity index (χ3v) is 15.9. The summed E-state index contributed by atoms with van der Waals surface area (Å²) >= 11 is 0. The number of rotatable bonds is 13. The van der Waals surface area contributed by atoms with Gasteiger partial charge in [0.25, 0.3) is 5.69 Å². The van der Waals surface area contributed by atoms with Crippen molar-refractivity contribution < 1.29 is 57.6 Å². The zero-order valence-electron chi connectivity index (χ0n) is 44.5. The fourth-order valence-electron chi connectivity index (χ4n) is 12.2. The van der Waals surface area contributed by atoms with Gasteiger partial charge in [-0.1, -0.05) is 90.7 Å². The molecule has 5 heterocycles. The molecule has 1 spiro atoms. The second-order valence-electron chi connectivity index (χ2n) is 20.5. The standard InChI is InChI=1S/C64H55N5O13/c1-77-49-25-19-41(20-26-49)15-16-42-21-27-52-51(35-42)64(62(73)67(52)63(74)79-39-43-17-23-48(24-18-43)69(75)76)55(60(71)66-31-29-65(30-32-66)38-44-22-28-53-54(36-44)81-40-80-53)57-61(72)82-58(46-11-6-3-7-12-46)56(45-9-4-2-5-10-45)68(57)59(64)47-13-8-14-50(37-47)78-34-33-70/h2-14,17-28,35-37,55-59,70H,29-34,38-40H2,1H3/t55-,56-,57-,58+,59+,64-/m1/s1. The minimum atomic E-state index is -2.14. The number of hydrogen-bond acceptors (Lipinski definition) is 15. The minimum Gasteiger partial charge on any atom is -0.497 e. The van der Waals surface area contributed by atoms with Gasteiger partial charge in [-0.3, -0.25) is 34.3 Å². The first-order valence-electron chi connectivity index (χ1n) is 26.9. The number of hydrogen-bond donors (Lipinski definition) is 1. The predicted octanol–water partition coefficient (Wildman–Crippen LogP) is 8.45. The average Bonchev–Trinajstić information content (AvgIpc) is 2.80. The first-order valence-corrected chi connectivity index (χ1v) is 26.9. The molecule has 414 valence electrons. The molecule has 18 heteroatoms. The maximum atomic E-state index is 17.0. The number of methoxy groups -OCH3 is 1. The van der Waals surface area contributed by atoms with Crippen LogP contribution < -0.4 is 23.8 Å². The van der Waals surface area contributed by atoms with Crippen molar-refractivity contribution in [1.29, 1.82) is 0 Å². The molecule has 5 aliphatic heterocycles. The Hall–Kier alpha value is -9.54. The normalized spacial score (nSPS) is 21.7. The summed E-state index contributed by atoms with van der Waals surface area (Å²) < 4.78 is 35.4. The van der Waals surface area contributed by atoms with Crippen LogP contribution in [-0.4, -0.2) is 108 Å². The molecule has 82 heavy (non-hydrogen) atoms. The van der Waals surface area contributed by atoms with E-state index in [1.54, 1.807) is 60.5 Å². The number of nitro benzene ring substituents is 1. The SMILES string of the molecule is COc1ccc(C#Cc2ccc3c(c2)[C@]2(C(=O)N3C(=O)OCc3ccc([N+](=O)[O-])cc3)[C@H](c3cccc(OCCO)c3)N3[C@H](c4ccccc4)[C@H](c4ccccc4)OC(=O)[C@H]3[C@@H]2C(=O)N2CCN(Cc3ccc4c(c3)OCO4)CC2)cc1. The van der Waals surface area contributed by atoms with E-state index in [1.807, 2.05) is 102 Å². The van der Waals surface area contributed by atoms with Crippen LogP contribution >= 0.6 is 0 Å². The number of carbonyl (C=O) groups is 4. The van der Waals surface area contributed by atoms with E-state index in [1.165, 1.54) is 24.3 Å². The minimum absolute atomic E-state index is 0.0607. The number of carbonyl (C=O) groups excluding carboxylic acids is 4. The molecule has 7 aromatic rings. The molecular weight excluding hydrogens is 1050 g/mol. The first-order chi connectivity index (χ1) is 40.0. The number of piperazine rings is 1. The predicted molar refractivity (Wildman–Crippen MR) is 298 cm³/mol. The zero-order valence-corrected chi connectivity index (χ0v) is 44.5. The van der Waals surface area contributed by atoms with Gasteiger partial charge in [0.1, 0.15) is 42.3 Å². The Kier molecular flexibility index (Phi) is 14.6. The summed E-state index contributed by atoms with van der Waals surface area (Å²) in [4.78, 5) is 82.4. The highest BCUT2D eigenvalue weighted by atomic mass is 16.7. The van der Waals surface area contributed by atoms with Crippen molar-refractivity contribution in [2.75, 3.05) is 58.2 Å². The Bertz CT molecular complexity index is 3640. The van der Waals surface area contributed by atoms with E-state index in [0.717, 1.165) is 16.0 Å². The van der Waals surface area contributed by atoms with Gasteiger partial charge >= 0.3 is 12.1 Å². The lowest BCUT2D eigenvalue weighted by molar-refractivity contribution is -0.384. The Morgan fingerprint density at radius 2 is 1.40 bits per heavy atom. The lowest BCUT2D eigenvalue weighted by Gasteiger charge is -2.46. The lowest BCUT2D eigenvalue weighted by Crippen LogP contribution is -2.59. The van der Waals surface area contributed by atoms with Crippen molar-refractivity contribution in [1.82, 2.24) is 14.7 Å². The van der Waals surface area contributed by atoms with Gasteiger partial charge in [0.15, 0.2) is 11.5 Å². The largest absolute Gasteiger partial charge is 0.497 e.